The zero-order valence-electron chi connectivity index (χ0n) is 9.93. The first-order valence-electron chi connectivity index (χ1n) is 6.01. The van der Waals surface area contributed by atoms with E-state index in [9.17, 15) is 0 Å². The second-order valence-electron chi connectivity index (χ2n) is 4.76. The third-order valence-corrected chi connectivity index (χ3v) is 3.32. The number of nitrogens with zero attached hydrogens (tertiary/aromatic N) is 3. The normalized spacial score (nSPS) is 20.1. The summed E-state index contributed by atoms with van der Waals surface area (Å²) in [5.74, 6) is 2.07. The largest absolute Gasteiger partial charge is 0.368 e. The van der Waals surface area contributed by atoms with Gasteiger partial charge in [0.1, 0.15) is 5.82 Å². The van der Waals surface area contributed by atoms with Crippen LogP contribution in [0.25, 0.3) is 10.9 Å². The van der Waals surface area contributed by atoms with Crippen molar-refractivity contribution in [2.45, 2.75) is 13.3 Å². The summed E-state index contributed by atoms with van der Waals surface area (Å²) in [5.41, 5.74) is 6.70. The average molecular weight is 228 g/mol. The van der Waals surface area contributed by atoms with Gasteiger partial charge in [0.2, 0.25) is 5.95 Å². The SMILES string of the molecule is CC1CCN(c2nc(N)nc3ccccc23)C1. The molecule has 1 aliphatic rings. The van der Waals surface area contributed by atoms with Crippen LogP contribution >= 0.6 is 0 Å². The third kappa shape index (κ3) is 1.79. The average Bonchev–Trinajstić information content (AvgIpc) is 2.74. The van der Waals surface area contributed by atoms with Crippen molar-refractivity contribution in [3.63, 3.8) is 0 Å². The van der Waals surface area contributed by atoms with E-state index in [2.05, 4.69) is 27.9 Å². The molecule has 4 heteroatoms. The molecule has 1 unspecified atom stereocenters. The molecular weight excluding hydrogens is 212 g/mol. The van der Waals surface area contributed by atoms with E-state index in [0.29, 0.717) is 5.95 Å². The van der Waals surface area contributed by atoms with Crippen molar-refractivity contribution < 1.29 is 0 Å². The van der Waals surface area contributed by atoms with Gasteiger partial charge < -0.3 is 10.6 Å². The highest BCUT2D eigenvalue weighted by Gasteiger charge is 2.22. The fourth-order valence-corrected chi connectivity index (χ4v) is 2.45. The molecule has 0 spiro atoms. The highest BCUT2D eigenvalue weighted by molar-refractivity contribution is 5.90. The first-order chi connectivity index (χ1) is 8.24. The van der Waals surface area contributed by atoms with Crippen LogP contribution < -0.4 is 10.6 Å². The highest BCUT2D eigenvalue weighted by Crippen LogP contribution is 2.28. The summed E-state index contributed by atoms with van der Waals surface area (Å²) in [5, 5.41) is 1.09. The number of rotatable bonds is 1. The Morgan fingerprint density at radius 3 is 2.88 bits per heavy atom. The van der Waals surface area contributed by atoms with Gasteiger partial charge in [0.15, 0.2) is 0 Å². The molecular formula is C13H16N4. The molecule has 0 radical (unpaired) electrons. The lowest BCUT2D eigenvalue weighted by Gasteiger charge is -2.19. The number of para-hydroxylation sites is 1. The third-order valence-electron chi connectivity index (χ3n) is 3.32. The van der Waals surface area contributed by atoms with Gasteiger partial charge in [-0.15, -0.1) is 0 Å². The van der Waals surface area contributed by atoms with E-state index in [1.807, 2.05) is 18.2 Å². The number of benzene rings is 1. The lowest BCUT2D eigenvalue weighted by atomic mass is 10.2. The van der Waals surface area contributed by atoms with Gasteiger partial charge in [-0.25, -0.2) is 4.98 Å². The number of aromatic nitrogens is 2. The molecule has 2 N–H and O–H groups in total. The van der Waals surface area contributed by atoms with Crippen LogP contribution in [0.5, 0.6) is 0 Å². The van der Waals surface area contributed by atoms with Gasteiger partial charge in [-0.1, -0.05) is 19.1 Å². The maximum absolute atomic E-state index is 5.78. The standard InChI is InChI=1S/C13H16N4/c1-9-6-7-17(8-9)12-10-4-2-3-5-11(10)15-13(14)16-12/h2-5,9H,6-8H2,1H3,(H2,14,15,16). The maximum Gasteiger partial charge on any atom is 0.222 e. The number of fused-ring (bicyclic) bond motifs is 1. The van der Waals surface area contributed by atoms with Crippen LogP contribution in [0.3, 0.4) is 0 Å². The van der Waals surface area contributed by atoms with Gasteiger partial charge in [0.05, 0.1) is 5.52 Å². The molecule has 1 saturated heterocycles. The van der Waals surface area contributed by atoms with Crippen LogP contribution in [0, 0.1) is 5.92 Å². The van der Waals surface area contributed by atoms with Gasteiger partial charge in [-0.3, -0.25) is 0 Å². The Kier molecular flexibility index (Phi) is 2.35. The smallest absolute Gasteiger partial charge is 0.222 e. The highest BCUT2D eigenvalue weighted by atomic mass is 15.2. The van der Waals surface area contributed by atoms with Gasteiger partial charge in [-0.2, -0.15) is 4.98 Å². The molecule has 3 rings (SSSR count). The summed E-state index contributed by atoms with van der Waals surface area (Å²) in [6.45, 7) is 4.38. The first-order valence-corrected chi connectivity index (χ1v) is 6.01. The van der Waals surface area contributed by atoms with Crippen LogP contribution in [0.4, 0.5) is 11.8 Å². The van der Waals surface area contributed by atoms with Crippen LogP contribution in [0.1, 0.15) is 13.3 Å². The van der Waals surface area contributed by atoms with Crippen LogP contribution in [-0.4, -0.2) is 23.1 Å². The molecule has 2 aromatic rings. The van der Waals surface area contributed by atoms with Crippen molar-refractivity contribution >= 4 is 22.7 Å². The molecule has 1 aromatic carbocycles. The van der Waals surface area contributed by atoms with Gasteiger partial charge >= 0.3 is 0 Å². The van der Waals surface area contributed by atoms with E-state index in [-0.39, 0.29) is 0 Å². The Labute approximate surface area is 100 Å². The Morgan fingerprint density at radius 1 is 1.29 bits per heavy atom. The lowest BCUT2D eigenvalue weighted by molar-refractivity contribution is 0.659. The topological polar surface area (TPSA) is 55.0 Å². The van der Waals surface area contributed by atoms with Crippen molar-refractivity contribution in [2.24, 2.45) is 5.92 Å². The monoisotopic (exact) mass is 228 g/mol. The summed E-state index contributed by atoms with van der Waals surface area (Å²) >= 11 is 0. The molecule has 0 bridgehead atoms. The maximum atomic E-state index is 5.78. The summed E-state index contributed by atoms with van der Waals surface area (Å²) in [7, 11) is 0. The number of hydrogen-bond donors (Lipinski definition) is 1. The predicted molar refractivity (Wildman–Crippen MR) is 69.9 cm³/mol. The van der Waals surface area contributed by atoms with Gasteiger partial charge in [0.25, 0.3) is 0 Å². The summed E-state index contributed by atoms with van der Waals surface area (Å²) < 4.78 is 0. The second kappa shape index (κ2) is 3.87. The van der Waals surface area contributed by atoms with E-state index in [1.54, 1.807) is 0 Å². The van der Waals surface area contributed by atoms with E-state index in [0.717, 1.165) is 35.7 Å². The molecule has 0 aliphatic carbocycles. The van der Waals surface area contributed by atoms with Crippen molar-refractivity contribution in [1.82, 2.24) is 9.97 Å². The quantitative estimate of drug-likeness (QED) is 0.811. The van der Waals surface area contributed by atoms with E-state index < -0.39 is 0 Å². The van der Waals surface area contributed by atoms with Crippen molar-refractivity contribution in [3.8, 4) is 0 Å². The molecule has 17 heavy (non-hydrogen) atoms. The van der Waals surface area contributed by atoms with Crippen LogP contribution in [0.2, 0.25) is 0 Å². The van der Waals surface area contributed by atoms with Gasteiger partial charge in [-0.05, 0) is 24.5 Å². The van der Waals surface area contributed by atoms with Crippen LogP contribution in [0.15, 0.2) is 24.3 Å². The zero-order chi connectivity index (χ0) is 11.8. The minimum atomic E-state index is 0.359. The second-order valence-corrected chi connectivity index (χ2v) is 4.76. The summed E-state index contributed by atoms with van der Waals surface area (Å²) in [6.07, 6.45) is 1.22. The number of nitrogen functional groups attached to an aromatic ring is 1. The molecule has 4 nitrogen and oxygen atoms in total. The first kappa shape index (κ1) is 10.3. The minimum absolute atomic E-state index is 0.359. The van der Waals surface area contributed by atoms with E-state index in [4.69, 9.17) is 5.73 Å². The molecule has 0 amide bonds. The molecule has 88 valence electrons. The Morgan fingerprint density at radius 2 is 2.12 bits per heavy atom. The number of anilines is 2. The molecule has 1 fully saturated rings. The minimum Gasteiger partial charge on any atom is -0.368 e. The molecule has 1 aromatic heterocycles. The van der Waals surface area contributed by atoms with E-state index in [1.165, 1.54) is 6.42 Å². The zero-order valence-corrected chi connectivity index (χ0v) is 9.93. The Balaban J connectivity index is 2.14. The number of nitrogens with two attached hydrogens (primary N) is 1. The van der Waals surface area contributed by atoms with Gasteiger partial charge in [0, 0.05) is 18.5 Å². The molecule has 0 saturated carbocycles. The predicted octanol–water partition coefficient (Wildman–Crippen LogP) is 2.06. The van der Waals surface area contributed by atoms with Crippen molar-refractivity contribution in [2.75, 3.05) is 23.7 Å². The Hall–Kier alpha value is -1.84. The number of hydrogen-bond acceptors (Lipinski definition) is 4. The molecule has 2 heterocycles. The fourth-order valence-electron chi connectivity index (χ4n) is 2.45. The van der Waals surface area contributed by atoms with E-state index >= 15 is 0 Å². The summed E-state index contributed by atoms with van der Waals surface area (Å²) in [6, 6.07) is 8.04. The Bertz CT molecular complexity index is 552. The molecule has 1 aliphatic heterocycles. The summed E-state index contributed by atoms with van der Waals surface area (Å²) in [4.78, 5) is 11.0. The lowest BCUT2D eigenvalue weighted by Crippen LogP contribution is -2.21. The fraction of sp³-hybridized carbons (Fsp3) is 0.385. The molecule has 1 atom stereocenters. The van der Waals surface area contributed by atoms with Crippen LogP contribution in [-0.2, 0) is 0 Å². The van der Waals surface area contributed by atoms with Crippen molar-refractivity contribution in [3.05, 3.63) is 24.3 Å². The van der Waals surface area contributed by atoms with Crippen molar-refractivity contribution in [1.29, 1.82) is 0 Å².